The number of nitrogens with one attached hydrogen (secondary N) is 4. The molecule has 5 heterocycles. The number of amides is 3. The third kappa shape index (κ3) is 8.62. The van der Waals surface area contributed by atoms with Crippen LogP contribution in [0.1, 0.15) is 98.8 Å². The quantitative estimate of drug-likeness (QED) is 0.0789. The minimum Gasteiger partial charge on any atom is -0.465 e. The molecule has 3 amide bonds. The zero-order valence-electron chi connectivity index (χ0n) is 36.5. The summed E-state index contributed by atoms with van der Waals surface area (Å²) in [5, 5.41) is 14.3. The molecule has 348 valence electrons. The van der Waals surface area contributed by atoms with E-state index in [4.69, 9.17) is 9.72 Å². The highest BCUT2D eigenvalue weighted by Gasteiger charge is 2.42. The van der Waals surface area contributed by atoms with Gasteiger partial charge in [-0.15, -0.1) is 0 Å². The number of carbonyl (C=O) groups excluding carboxylic acids is 3. The molecular formula is C46H48F5N9O6. The molecule has 2 fully saturated rings. The van der Waals surface area contributed by atoms with Crippen molar-refractivity contribution < 1.29 is 51.0 Å². The summed E-state index contributed by atoms with van der Waals surface area (Å²) in [7, 11) is 1.22. The van der Waals surface area contributed by atoms with Crippen LogP contribution in [0.5, 0.6) is 0 Å². The SMILES string of the molecule is COC(=O)NC(C(=O)N1CCCC1c1nc2ccc(C3CCC(c4ccc5nc(-c6cccn6C(=O)[C@@H](NC(=O)O)C(C)C)[nH]c5c4)N3c3cc(F)c(C(F)(F)F)cc3F)cc2[nH]1)C(C)C. The van der Waals surface area contributed by atoms with Crippen molar-refractivity contribution in [2.75, 3.05) is 18.6 Å². The number of aromatic amines is 2. The van der Waals surface area contributed by atoms with Crippen LogP contribution in [0.15, 0.2) is 66.9 Å². The third-order valence-corrected chi connectivity index (χ3v) is 12.5. The van der Waals surface area contributed by atoms with Crippen molar-refractivity contribution in [3.05, 3.63) is 101 Å². The molecule has 2 aliphatic heterocycles. The van der Waals surface area contributed by atoms with E-state index in [1.807, 2.05) is 19.9 Å². The number of methoxy groups -OCH3 is 1. The fourth-order valence-corrected chi connectivity index (χ4v) is 9.28. The van der Waals surface area contributed by atoms with Crippen LogP contribution in [0, 0.1) is 23.5 Å². The standard InChI is InChI=1S/C46H48F5N9O6/c1-22(2)38(56-44(63)64)42(61)58-16-6-8-35(58)40-52-29-12-10-24(18-31(29)54-40)33-14-15-34(60(33)37-21-27(47)26(20-28(37)48)46(49,50)51)25-11-13-30-32(19-25)55-41(53-30)36-9-7-17-59(36)43(62)39(23(3)4)57-45(65)66-5/h6,8,10-13,16,18-23,33-34,36,38-39,56H,7,9,14-15,17H2,1-5H3,(H,52,54)(H,53,55)(H,57,65)(H,63,64)/t33?,34?,36?,38-,39?/m0/s1. The Bertz CT molecular complexity index is 2840. The van der Waals surface area contributed by atoms with Gasteiger partial charge in [0.15, 0.2) is 5.82 Å². The number of nitrogens with zero attached hydrogens (tertiary/aromatic N) is 5. The maximum atomic E-state index is 16.1. The molecule has 3 aromatic carbocycles. The summed E-state index contributed by atoms with van der Waals surface area (Å²) >= 11 is 0. The maximum absolute atomic E-state index is 16.1. The molecule has 6 aromatic rings. The number of hydrogen-bond acceptors (Lipinski definition) is 8. The fraction of sp³-hybridized carbons (Fsp3) is 0.391. The average Bonchev–Trinajstić information content (AvgIpc) is 4.12. The number of carboxylic acid groups (broad SMARTS) is 1. The molecule has 3 aromatic heterocycles. The number of likely N-dealkylation sites (tertiary alicyclic amines) is 1. The highest BCUT2D eigenvalue weighted by atomic mass is 19.4. The number of benzene rings is 3. The van der Waals surface area contributed by atoms with Crippen LogP contribution in [0.25, 0.3) is 33.6 Å². The average molecular weight is 918 g/mol. The van der Waals surface area contributed by atoms with Crippen LogP contribution in [0.3, 0.4) is 0 Å². The van der Waals surface area contributed by atoms with Crippen LogP contribution >= 0.6 is 0 Å². The lowest BCUT2D eigenvalue weighted by Gasteiger charge is -2.34. The molecule has 0 bridgehead atoms. The smallest absolute Gasteiger partial charge is 0.419 e. The highest BCUT2D eigenvalue weighted by molar-refractivity contribution is 5.91. The summed E-state index contributed by atoms with van der Waals surface area (Å²) in [6.45, 7) is 7.50. The molecule has 5 N–H and O–H groups in total. The number of imidazole rings is 2. The number of fused-ring (bicyclic) bond motifs is 2. The van der Waals surface area contributed by atoms with Gasteiger partial charge in [0.2, 0.25) is 5.91 Å². The van der Waals surface area contributed by atoms with Crippen molar-refractivity contribution in [3.8, 4) is 11.5 Å². The maximum Gasteiger partial charge on any atom is 0.419 e. The van der Waals surface area contributed by atoms with Crippen LogP contribution in [0.4, 0.5) is 37.2 Å². The number of aromatic nitrogens is 5. The minimum atomic E-state index is -5.14. The van der Waals surface area contributed by atoms with Crippen LogP contribution in [-0.4, -0.2) is 84.2 Å². The van der Waals surface area contributed by atoms with E-state index in [1.165, 1.54) is 17.9 Å². The molecule has 15 nitrogen and oxygen atoms in total. The lowest BCUT2D eigenvalue weighted by molar-refractivity contribution is -0.140. The van der Waals surface area contributed by atoms with Crippen molar-refractivity contribution in [1.82, 2.24) is 40.0 Å². The molecule has 0 saturated carbocycles. The minimum absolute atomic E-state index is 0.178. The van der Waals surface area contributed by atoms with Crippen molar-refractivity contribution in [2.45, 2.75) is 89.8 Å². The van der Waals surface area contributed by atoms with Gasteiger partial charge in [-0.2, -0.15) is 13.2 Å². The number of H-pyrrole nitrogens is 2. The molecule has 0 aliphatic carbocycles. The van der Waals surface area contributed by atoms with E-state index in [9.17, 15) is 37.5 Å². The first-order chi connectivity index (χ1) is 31.3. The van der Waals surface area contributed by atoms with Gasteiger partial charge in [0.05, 0.1) is 64.2 Å². The van der Waals surface area contributed by atoms with E-state index < -0.39 is 71.7 Å². The van der Waals surface area contributed by atoms with Gasteiger partial charge in [0, 0.05) is 18.8 Å². The summed E-state index contributed by atoms with van der Waals surface area (Å²) < 4.78 is 79.0. The normalized spacial score (nSPS) is 18.7. The predicted molar refractivity (Wildman–Crippen MR) is 232 cm³/mol. The Hall–Kier alpha value is -6.99. The van der Waals surface area contributed by atoms with E-state index in [-0.39, 0.29) is 29.5 Å². The number of halogens is 5. The Morgan fingerprint density at radius 3 is 2.02 bits per heavy atom. The van der Waals surface area contributed by atoms with Crippen LogP contribution in [-0.2, 0) is 15.7 Å². The van der Waals surface area contributed by atoms with E-state index in [0.29, 0.717) is 88.8 Å². The Labute approximate surface area is 374 Å². The van der Waals surface area contributed by atoms with Gasteiger partial charge in [-0.25, -0.2) is 28.3 Å². The van der Waals surface area contributed by atoms with E-state index >= 15 is 8.78 Å². The summed E-state index contributed by atoms with van der Waals surface area (Å²) in [5.74, 6) is -3.47. The lowest BCUT2D eigenvalue weighted by Crippen LogP contribution is -2.51. The second-order valence-corrected chi connectivity index (χ2v) is 17.4. The molecule has 5 atom stereocenters. The third-order valence-electron chi connectivity index (χ3n) is 12.5. The predicted octanol–water partition coefficient (Wildman–Crippen LogP) is 9.26. The van der Waals surface area contributed by atoms with Crippen molar-refractivity contribution in [3.63, 3.8) is 0 Å². The molecule has 4 unspecified atom stereocenters. The number of rotatable bonds is 11. The summed E-state index contributed by atoms with van der Waals surface area (Å²) in [6, 6.07) is 11.0. The van der Waals surface area contributed by atoms with Gasteiger partial charge >= 0.3 is 18.4 Å². The highest BCUT2D eigenvalue weighted by Crippen LogP contribution is 2.49. The van der Waals surface area contributed by atoms with Gasteiger partial charge in [-0.05, 0) is 91.1 Å². The first-order valence-corrected chi connectivity index (χ1v) is 21.5. The van der Waals surface area contributed by atoms with Gasteiger partial charge in [-0.3, -0.25) is 14.2 Å². The van der Waals surface area contributed by atoms with E-state index in [0.717, 1.165) is 0 Å². The molecule has 0 spiro atoms. The number of ether oxygens (including phenoxy) is 1. The first kappa shape index (κ1) is 45.6. The van der Waals surface area contributed by atoms with Crippen molar-refractivity contribution >= 4 is 51.8 Å². The molecule has 0 radical (unpaired) electrons. The Morgan fingerprint density at radius 1 is 0.788 bits per heavy atom. The zero-order chi connectivity index (χ0) is 47.4. The summed E-state index contributed by atoms with van der Waals surface area (Å²) in [6.07, 6.45) is -3.64. The topological polar surface area (TPSA) is 191 Å². The molecular weight excluding hydrogens is 870 g/mol. The molecule has 66 heavy (non-hydrogen) atoms. The number of carbonyl (C=O) groups is 4. The molecule has 2 saturated heterocycles. The van der Waals surface area contributed by atoms with Gasteiger partial charge in [0.1, 0.15) is 29.5 Å². The number of alkyl carbamates (subject to hydrolysis) is 1. The number of alkyl halides is 3. The second kappa shape index (κ2) is 17.8. The Balaban J connectivity index is 1.14. The van der Waals surface area contributed by atoms with Crippen LogP contribution in [0.2, 0.25) is 0 Å². The Morgan fingerprint density at radius 2 is 1.41 bits per heavy atom. The summed E-state index contributed by atoms with van der Waals surface area (Å²) in [5.41, 5.74) is 1.70. The molecule has 20 heteroatoms. The van der Waals surface area contributed by atoms with Crippen LogP contribution < -0.4 is 15.5 Å². The fourth-order valence-electron chi connectivity index (χ4n) is 9.28. The number of anilines is 1. The van der Waals surface area contributed by atoms with Gasteiger partial charge < -0.3 is 40.2 Å². The molecule has 2 aliphatic rings. The largest absolute Gasteiger partial charge is 0.465 e. The first-order valence-electron chi connectivity index (χ1n) is 21.5. The second-order valence-electron chi connectivity index (χ2n) is 17.4. The molecule has 8 rings (SSSR count). The zero-order valence-corrected chi connectivity index (χ0v) is 36.5. The van der Waals surface area contributed by atoms with Gasteiger partial charge in [0.25, 0.3) is 5.91 Å². The lowest BCUT2D eigenvalue weighted by atomic mass is 10.0. The van der Waals surface area contributed by atoms with Crippen molar-refractivity contribution in [1.29, 1.82) is 0 Å². The van der Waals surface area contributed by atoms with E-state index in [1.54, 1.807) is 66.1 Å². The monoisotopic (exact) mass is 917 g/mol. The van der Waals surface area contributed by atoms with Gasteiger partial charge in [-0.1, -0.05) is 39.8 Å². The van der Waals surface area contributed by atoms with E-state index in [2.05, 4.69) is 25.6 Å². The Kier molecular flexibility index (Phi) is 12.3. The summed E-state index contributed by atoms with van der Waals surface area (Å²) in [4.78, 5) is 70.3. The van der Waals surface area contributed by atoms with Crippen molar-refractivity contribution in [2.24, 2.45) is 11.8 Å². The number of hydrogen-bond donors (Lipinski definition) is 5.